The zero-order valence-electron chi connectivity index (χ0n) is 15.4. The SMILES string of the molecule is O=C(c1ncn[nH]1)N1CCN(c2ccc3ncnc(OCC4CC4)c3c2)CC1. The number of hydrogen-bond donors (Lipinski definition) is 1. The minimum atomic E-state index is -0.111. The Balaban J connectivity index is 1.31. The van der Waals surface area contributed by atoms with Crippen LogP contribution in [0.2, 0.25) is 0 Å². The zero-order valence-corrected chi connectivity index (χ0v) is 15.4. The van der Waals surface area contributed by atoms with Gasteiger partial charge in [0.1, 0.15) is 12.7 Å². The maximum Gasteiger partial charge on any atom is 0.291 e. The van der Waals surface area contributed by atoms with Crippen LogP contribution in [-0.2, 0) is 0 Å². The van der Waals surface area contributed by atoms with Crippen LogP contribution in [0.1, 0.15) is 23.5 Å². The van der Waals surface area contributed by atoms with E-state index < -0.39 is 0 Å². The maximum atomic E-state index is 12.4. The number of nitrogens with zero attached hydrogens (tertiary/aromatic N) is 6. The van der Waals surface area contributed by atoms with E-state index in [2.05, 4.69) is 42.2 Å². The number of carbonyl (C=O) groups excluding carboxylic acids is 1. The molecule has 3 heterocycles. The van der Waals surface area contributed by atoms with Crippen molar-refractivity contribution in [1.82, 2.24) is 30.0 Å². The van der Waals surface area contributed by atoms with E-state index in [1.807, 2.05) is 6.07 Å². The van der Waals surface area contributed by atoms with Gasteiger partial charge in [0.15, 0.2) is 0 Å². The normalized spacial score (nSPS) is 17.1. The number of nitrogens with one attached hydrogen (secondary N) is 1. The lowest BCUT2D eigenvalue weighted by molar-refractivity contribution is 0.0735. The van der Waals surface area contributed by atoms with Gasteiger partial charge in [-0.1, -0.05) is 0 Å². The Morgan fingerprint density at radius 2 is 1.96 bits per heavy atom. The van der Waals surface area contributed by atoms with Crippen molar-refractivity contribution in [2.24, 2.45) is 5.92 Å². The van der Waals surface area contributed by atoms with Gasteiger partial charge in [0.25, 0.3) is 5.91 Å². The van der Waals surface area contributed by atoms with Gasteiger partial charge in [0.2, 0.25) is 11.7 Å². The summed E-state index contributed by atoms with van der Waals surface area (Å²) in [5, 5.41) is 7.32. The Morgan fingerprint density at radius 1 is 1.11 bits per heavy atom. The lowest BCUT2D eigenvalue weighted by Gasteiger charge is -2.35. The summed E-state index contributed by atoms with van der Waals surface area (Å²) in [6.45, 7) is 3.48. The van der Waals surface area contributed by atoms with E-state index in [-0.39, 0.29) is 11.7 Å². The molecule has 0 atom stereocenters. The van der Waals surface area contributed by atoms with Gasteiger partial charge in [-0.15, -0.1) is 0 Å². The molecule has 2 aromatic heterocycles. The average molecular weight is 379 g/mol. The van der Waals surface area contributed by atoms with Crippen molar-refractivity contribution in [1.29, 1.82) is 0 Å². The molecule has 9 heteroatoms. The van der Waals surface area contributed by atoms with Gasteiger partial charge < -0.3 is 14.5 Å². The number of H-pyrrole nitrogens is 1. The molecule has 2 aliphatic rings. The third kappa shape index (κ3) is 3.35. The van der Waals surface area contributed by atoms with E-state index >= 15 is 0 Å². The first-order valence-corrected chi connectivity index (χ1v) is 9.55. The molecule has 2 fully saturated rings. The number of carbonyl (C=O) groups is 1. The van der Waals surface area contributed by atoms with E-state index in [0.29, 0.717) is 24.9 Å². The molecule has 0 unspecified atom stereocenters. The highest BCUT2D eigenvalue weighted by Crippen LogP contribution is 2.32. The zero-order chi connectivity index (χ0) is 18.9. The van der Waals surface area contributed by atoms with Crippen molar-refractivity contribution in [2.45, 2.75) is 12.8 Å². The van der Waals surface area contributed by atoms with Gasteiger partial charge in [-0.25, -0.2) is 15.0 Å². The van der Waals surface area contributed by atoms with E-state index in [1.165, 1.54) is 19.2 Å². The Kier molecular flexibility index (Phi) is 4.27. The third-order valence-electron chi connectivity index (χ3n) is 5.28. The standard InChI is InChI=1S/C19H21N7O2/c27-19(17-21-12-23-24-17)26-7-5-25(6-8-26)14-3-4-16-15(9-14)18(22-11-20-16)28-10-13-1-2-13/h3-4,9,11-13H,1-2,5-8,10H2,(H,21,23,24). The highest BCUT2D eigenvalue weighted by molar-refractivity contribution is 5.90. The molecule has 1 amide bonds. The number of anilines is 1. The van der Waals surface area contributed by atoms with Crippen molar-refractivity contribution in [3.8, 4) is 5.88 Å². The molecular weight excluding hydrogens is 358 g/mol. The summed E-state index contributed by atoms with van der Waals surface area (Å²) in [5.41, 5.74) is 1.97. The number of ether oxygens (including phenoxy) is 1. The topological polar surface area (TPSA) is 100 Å². The summed E-state index contributed by atoms with van der Waals surface area (Å²) in [6.07, 6.45) is 5.39. The van der Waals surface area contributed by atoms with Crippen LogP contribution in [0.4, 0.5) is 5.69 Å². The number of aromatic amines is 1. The minimum absolute atomic E-state index is 0.111. The lowest BCUT2D eigenvalue weighted by atomic mass is 10.2. The predicted molar refractivity (Wildman–Crippen MR) is 102 cm³/mol. The largest absolute Gasteiger partial charge is 0.477 e. The number of rotatable bonds is 5. The summed E-state index contributed by atoms with van der Waals surface area (Å²) < 4.78 is 5.94. The fraction of sp³-hybridized carbons (Fsp3) is 0.421. The molecule has 1 aromatic carbocycles. The molecule has 1 saturated carbocycles. The predicted octanol–water partition coefficient (Wildman–Crippen LogP) is 1.50. The first-order valence-electron chi connectivity index (χ1n) is 9.55. The molecule has 1 aliphatic carbocycles. The first kappa shape index (κ1) is 16.9. The molecule has 5 rings (SSSR count). The first-order chi connectivity index (χ1) is 13.8. The Bertz CT molecular complexity index is 979. The van der Waals surface area contributed by atoms with Crippen LogP contribution in [0.3, 0.4) is 0 Å². The molecule has 0 radical (unpaired) electrons. The second-order valence-electron chi connectivity index (χ2n) is 7.25. The van der Waals surface area contributed by atoms with Crippen molar-refractivity contribution in [3.63, 3.8) is 0 Å². The molecular formula is C19H21N7O2. The van der Waals surface area contributed by atoms with Crippen molar-refractivity contribution >= 4 is 22.5 Å². The number of amides is 1. The summed E-state index contributed by atoms with van der Waals surface area (Å²) >= 11 is 0. The van der Waals surface area contributed by atoms with Crippen LogP contribution in [0, 0.1) is 5.92 Å². The van der Waals surface area contributed by atoms with Crippen LogP contribution >= 0.6 is 0 Å². The molecule has 1 aliphatic heterocycles. The highest BCUT2D eigenvalue weighted by atomic mass is 16.5. The van der Waals surface area contributed by atoms with Gasteiger partial charge in [0.05, 0.1) is 17.5 Å². The van der Waals surface area contributed by atoms with Gasteiger partial charge in [-0.05, 0) is 37.0 Å². The summed E-state index contributed by atoms with van der Waals surface area (Å²) in [6, 6.07) is 6.15. The van der Waals surface area contributed by atoms with Gasteiger partial charge >= 0.3 is 0 Å². The van der Waals surface area contributed by atoms with Crippen LogP contribution in [0.15, 0.2) is 30.9 Å². The van der Waals surface area contributed by atoms with Crippen LogP contribution in [0.25, 0.3) is 10.9 Å². The summed E-state index contributed by atoms with van der Waals surface area (Å²) in [5.74, 6) is 1.50. The summed E-state index contributed by atoms with van der Waals surface area (Å²) in [7, 11) is 0. The second-order valence-corrected chi connectivity index (χ2v) is 7.25. The molecule has 9 nitrogen and oxygen atoms in total. The second kappa shape index (κ2) is 7.06. The van der Waals surface area contributed by atoms with E-state index in [9.17, 15) is 4.79 Å². The number of benzene rings is 1. The summed E-state index contributed by atoms with van der Waals surface area (Å²) in [4.78, 5) is 29.1. The molecule has 0 bridgehead atoms. The number of hydrogen-bond acceptors (Lipinski definition) is 7. The van der Waals surface area contributed by atoms with Gasteiger partial charge in [0, 0.05) is 31.9 Å². The van der Waals surface area contributed by atoms with Crippen molar-refractivity contribution in [2.75, 3.05) is 37.7 Å². The molecule has 1 N–H and O–H groups in total. The van der Waals surface area contributed by atoms with Crippen molar-refractivity contribution < 1.29 is 9.53 Å². The highest BCUT2D eigenvalue weighted by Gasteiger charge is 2.25. The Hall–Kier alpha value is -3.23. The van der Waals surface area contributed by atoms with E-state index in [1.54, 1.807) is 11.2 Å². The molecule has 144 valence electrons. The Labute approximate surface area is 161 Å². The maximum absolute atomic E-state index is 12.4. The monoisotopic (exact) mass is 379 g/mol. The van der Waals surface area contributed by atoms with Crippen LogP contribution < -0.4 is 9.64 Å². The molecule has 3 aromatic rings. The van der Waals surface area contributed by atoms with Gasteiger partial charge in [-0.2, -0.15) is 5.10 Å². The van der Waals surface area contributed by atoms with Crippen LogP contribution in [0.5, 0.6) is 5.88 Å². The quantitative estimate of drug-likeness (QED) is 0.717. The molecule has 0 spiro atoms. The number of fused-ring (bicyclic) bond motifs is 1. The van der Waals surface area contributed by atoms with E-state index in [4.69, 9.17) is 4.74 Å². The third-order valence-corrected chi connectivity index (χ3v) is 5.28. The van der Waals surface area contributed by atoms with E-state index in [0.717, 1.165) is 36.3 Å². The number of piperazine rings is 1. The van der Waals surface area contributed by atoms with Crippen LogP contribution in [-0.4, -0.2) is 68.7 Å². The smallest absolute Gasteiger partial charge is 0.291 e. The lowest BCUT2D eigenvalue weighted by Crippen LogP contribution is -2.49. The molecule has 1 saturated heterocycles. The Morgan fingerprint density at radius 3 is 2.71 bits per heavy atom. The minimum Gasteiger partial charge on any atom is -0.477 e. The van der Waals surface area contributed by atoms with Crippen molar-refractivity contribution in [3.05, 3.63) is 36.7 Å². The average Bonchev–Trinajstić information content (AvgIpc) is 3.42. The fourth-order valence-corrected chi connectivity index (χ4v) is 3.44. The fourth-order valence-electron chi connectivity index (χ4n) is 3.44. The number of aromatic nitrogens is 5. The van der Waals surface area contributed by atoms with Gasteiger partial charge in [-0.3, -0.25) is 9.89 Å². The molecule has 28 heavy (non-hydrogen) atoms.